The molecule has 0 saturated heterocycles. The lowest BCUT2D eigenvalue weighted by molar-refractivity contribution is 0.180. The molecular weight excluding hydrogens is 236 g/mol. The third kappa shape index (κ3) is 3.35. The van der Waals surface area contributed by atoms with Crippen molar-refractivity contribution in [2.24, 2.45) is 24.8 Å². The predicted octanol–water partition coefficient (Wildman–Crippen LogP) is 2.16. The predicted molar refractivity (Wildman–Crippen MR) is 75.7 cm³/mol. The van der Waals surface area contributed by atoms with E-state index in [1.165, 1.54) is 38.6 Å². The van der Waals surface area contributed by atoms with Gasteiger partial charge in [-0.05, 0) is 50.0 Å². The minimum Gasteiger partial charge on any atom is -0.314 e. The molecule has 106 valence electrons. The van der Waals surface area contributed by atoms with E-state index in [4.69, 9.17) is 0 Å². The molecule has 0 radical (unpaired) electrons. The third-order valence-corrected chi connectivity index (χ3v) is 4.90. The summed E-state index contributed by atoms with van der Waals surface area (Å²) < 4.78 is 1.94. The first-order valence-electron chi connectivity index (χ1n) is 7.78. The van der Waals surface area contributed by atoms with Crippen LogP contribution in [0.1, 0.15) is 44.9 Å². The third-order valence-electron chi connectivity index (χ3n) is 4.90. The van der Waals surface area contributed by atoms with Gasteiger partial charge in [0, 0.05) is 19.5 Å². The zero-order valence-corrected chi connectivity index (χ0v) is 12.2. The highest BCUT2D eigenvalue weighted by atomic mass is 15.3. The summed E-state index contributed by atoms with van der Waals surface area (Å²) in [5, 5.41) is 7.92. The molecule has 0 bridgehead atoms. The second-order valence-electron chi connectivity index (χ2n) is 6.62. The van der Waals surface area contributed by atoms with Gasteiger partial charge in [-0.1, -0.05) is 13.3 Å². The molecule has 3 unspecified atom stereocenters. The summed E-state index contributed by atoms with van der Waals surface area (Å²) in [7, 11) is 2.01. The van der Waals surface area contributed by atoms with E-state index in [0.717, 1.165) is 36.0 Å². The van der Waals surface area contributed by atoms with Crippen LogP contribution in [0, 0.1) is 17.8 Å². The summed E-state index contributed by atoms with van der Waals surface area (Å²) in [6.07, 6.45) is 9.67. The SMILES string of the molecule is CC1CCC(CNC2CC2)C(Cc2ncnn2C)C1. The Balaban J connectivity index is 1.61. The molecular formula is C15H26N4. The van der Waals surface area contributed by atoms with Crippen LogP contribution < -0.4 is 5.32 Å². The Labute approximate surface area is 116 Å². The number of nitrogens with zero attached hydrogens (tertiary/aromatic N) is 3. The van der Waals surface area contributed by atoms with Crippen LogP contribution in [0.5, 0.6) is 0 Å². The fourth-order valence-electron chi connectivity index (χ4n) is 3.43. The molecule has 4 nitrogen and oxygen atoms in total. The van der Waals surface area contributed by atoms with Gasteiger partial charge in [-0.15, -0.1) is 0 Å². The van der Waals surface area contributed by atoms with Gasteiger partial charge in [0.25, 0.3) is 0 Å². The minimum atomic E-state index is 0.776. The maximum atomic E-state index is 4.41. The lowest BCUT2D eigenvalue weighted by Gasteiger charge is -2.35. The Kier molecular flexibility index (Phi) is 3.87. The summed E-state index contributed by atoms with van der Waals surface area (Å²) in [6.45, 7) is 3.61. The van der Waals surface area contributed by atoms with Gasteiger partial charge in [0.15, 0.2) is 0 Å². The number of hydrogen-bond donors (Lipinski definition) is 1. The molecule has 3 atom stereocenters. The fourth-order valence-corrected chi connectivity index (χ4v) is 3.43. The summed E-state index contributed by atoms with van der Waals surface area (Å²) in [5.74, 6) is 3.62. The molecule has 19 heavy (non-hydrogen) atoms. The first-order chi connectivity index (χ1) is 9.22. The number of aryl methyl sites for hydroxylation is 1. The van der Waals surface area contributed by atoms with Crippen LogP contribution in [-0.4, -0.2) is 27.4 Å². The van der Waals surface area contributed by atoms with Crippen molar-refractivity contribution in [3.05, 3.63) is 12.2 Å². The van der Waals surface area contributed by atoms with Crippen molar-refractivity contribution in [1.29, 1.82) is 0 Å². The number of hydrogen-bond acceptors (Lipinski definition) is 3. The topological polar surface area (TPSA) is 42.7 Å². The van der Waals surface area contributed by atoms with E-state index in [1.807, 2.05) is 11.7 Å². The van der Waals surface area contributed by atoms with Crippen LogP contribution in [0.3, 0.4) is 0 Å². The molecule has 2 saturated carbocycles. The Morgan fingerprint density at radius 2 is 2.11 bits per heavy atom. The first-order valence-corrected chi connectivity index (χ1v) is 7.78. The van der Waals surface area contributed by atoms with Gasteiger partial charge in [-0.2, -0.15) is 5.10 Å². The molecule has 0 amide bonds. The van der Waals surface area contributed by atoms with Gasteiger partial charge in [-0.3, -0.25) is 4.68 Å². The molecule has 1 aromatic heterocycles. The van der Waals surface area contributed by atoms with Gasteiger partial charge in [-0.25, -0.2) is 4.98 Å². The van der Waals surface area contributed by atoms with Gasteiger partial charge in [0.05, 0.1) is 0 Å². The summed E-state index contributed by atoms with van der Waals surface area (Å²) >= 11 is 0. The zero-order chi connectivity index (χ0) is 13.2. The molecule has 1 N–H and O–H groups in total. The summed E-state index contributed by atoms with van der Waals surface area (Å²) in [4.78, 5) is 4.41. The van der Waals surface area contributed by atoms with E-state index < -0.39 is 0 Å². The second kappa shape index (κ2) is 5.61. The van der Waals surface area contributed by atoms with Gasteiger partial charge < -0.3 is 5.32 Å². The first kappa shape index (κ1) is 13.1. The summed E-state index contributed by atoms with van der Waals surface area (Å²) in [6, 6.07) is 0.829. The largest absolute Gasteiger partial charge is 0.314 e. The maximum Gasteiger partial charge on any atom is 0.138 e. The van der Waals surface area contributed by atoms with E-state index in [9.17, 15) is 0 Å². The number of aromatic nitrogens is 3. The molecule has 2 aliphatic carbocycles. The molecule has 3 rings (SSSR count). The standard InChI is InChI=1S/C15H26N4/c1-11-3-4-12(9-16-14-5-6-14)13(7-11)8-15-17-10-18-19(15)2/h10-14,16H,3-9H2,1-2H3. The van der Waals surface area contributed by atoms with E-state index >= 15 is 0 Å². The molecule has 2 aliphatic rings. The minimum absolute atomic E-state index is 0.776. The molecule has 1 aromatic rings. The lowest BCUT2D eigenvalue weighted by atomic mass is 9.73. The Hall–Kier alpha value is -0.900. The zero-order valence-electron chi connectivity index (χ0n) is 12.2. The van der Waals surface area contributed by atoms with Crippen molar-refractivity contribution in [3.8, 4) is 0 Å². The van der Waals surface area contributed by atoms with Crippen molar-refractivity contribution in [2.45, 2.75) is 51.5 Å². The van der Waals surface area contributed by atoms with Crippen LogP contribution in [0.25, 0.3) is 0 Å². The van der Waals surface area contributed by atoms with E-state index in [-0.39, 0.29) is 0 Å². The van der Waals surface area contributed by atoms with Crippen LogP contribution >= 0.6 is 0 Å². The second-order valence-corrected chi connectivity index (χ2v) is 6.62. The highest BCUT2D eigenvalue weighted by molar-refractivity contribution is 4.92. The molecule has 0 aliphatic heterocycles. The molecule has 4 heteroatoms. The van der Waals surface area contributed by atoms with Crippen LogP contribution in [-0.2, 0) is 13.5 Å². The van der Waals surface area contributed by atoms with Gasteiger partial charge in [0.1, 0.15) is 12.2 Å². The van der Waals surface area contributed by atoms with Crippen molar-refractivity contribution in [3.63, 3.8) is 0 Å². The van der Waals surface area contributed by atoms with Crippen molar-refractivity contribution >= 4 is 0 Å². The van der Waals surface area contributed by atoms with E-state index in [0.29, 0.717) is 0 Å². The Bertz CT molecular complexity index is 410. The summed E-state index contributed by atoms with van der Waals surface area (Å²) in [5.41, 5.74) is 0. The van der Waals surface area contributed by atoms with Crippen molar-refractivity contribution in [1.82, 2.24) is 20.1 Å². The average molecular weight is 262 g/mol. The Morgan fingerprint density at radius 3 is 2.79 bits per heavy atom. The van der Waals surface area contributed by atoms with Crippen LogP contribution in [0.4, 0.5) is 0 Å². The van der Waals surface area contributed by atoms with E-state index in [2.05, 4.69) is 22.3 Å². The normalized spacial score (nSPS) is 31.6. The Morgan fingerprint density at radius 1 is 1.26 bits per heavy atom. The number of rotatable bonds is 5. The highest BCUT2D eigenvalue weighted by Gasteiger charge is 2.31. The molecule has 0 spiro atoms. The molecule has 1 heterocycles. The van der Waals surface area contributed by atoms with Gasteiger partial charge in [0.2, 0.25) is 0 Å². The number of nitrogens with one attached hydrogen (secondary N) is 1. The van der Waals surface area contributed by atoms with Crippen molar-refractivity contribution in [2.75, 3.05) is 6.54 Å². The smallest absolute Gasteiger partial charge is 0.138 e. The van der Waals surface area contributed by atoms with Crippen LogP contribution in [0.2, 0.25) is 0 Å². The average Bonchev–Trinajstić information content (AvgIpc) is 3.13. The maximum absolute atomic E-state index is 4.41. The monoisotopic (exact) mass is 262 g/mol. The highest BCUT2D eigenvalue weighted by Crippen LogP contribution is 2.35. The van der Waals surface area contributed by atoms with E-state index in [1.54, 1.807) is 6.33 Å². The lowest BCUT2D eigenvalue weighted by Crippen LogP contribution is -2.35. The fraction of sp³-hybridized carbons (Fsp3) is 0.867. The van der Waals surface area contributed by atoms with Crippen molar-refractivity contribution < 1.29 is 0 Å². The van der Waals surface area contributed by atoms with Gasteiger partial charge >= 0.3 is 0 Å². The quantitative estimate of drug-likeness (QED) is 0.884. The van der Waals surface area contributed by atoms with Crippen LogP contribution in [0.15, 0.2) is 6.33 Å². The molecule has 0 aromatic carbocycles. The molecule has 2 fully saturated rings.